The molecular formula is C29H21F2N5O4S. The average molecular weight is 574 g/mol. The third-order valence-electron chi connectivity index (χ3n) is 6.75. The van der Waals surface area contributed by atoms with E-state index >= 15 is 8.78 Å². The molecule has 2 aromatic carbocycles. The molecule has 41 heavy (non-hydrogen) atoms. The molecule has 0 saturated carbocycles. The number of halogens is 2. The van der Waals surface area contributed by atoms with Crippen LogP contribution in [0.3, 0.4) is 0 Å². The molecule has 6 rings (SSSR count). The Morgan fingerprint density at radius 2 is 2.05 bits per heavy atom. The molecule has 1 fully saturated rings. The van der Waals surface area contributed by atoms with Crippen LogP contribution in [-0.4, -0.2) is 43.3 Å². The second-order valence-electron chi connectivity index (χ2n) is 9.42. The first-order valence-corrected chi connectivity index (χ1v) is 13.5. The van der Waals surface area contributed by atoms with Crippen molar-refractivity contribution in [3.63, 3.8) is 0 Å². The van der Waals surface area contributed by atoms with E-state index in [9.17, 15) is 9.90 Å². The van der Waals surface area contributed by atoms with Crippen molar-refractivity contribution in [1.29, 1.82) is 5.26 Å². The van der Waals surface area contributed by atoms with E-state index in [1.807, 2.05) is 10.6 Å². The largest absolute Gasteiger partial charge is 0.478 e. The van der Waals surface area contributed by atoms with Crippen LogP contribution in [0.4, 0.5) is 8.78 Å². The van der Waals surface area contributed by atoms with Crippen molar-refractivity contribution in [2.75, 3.05) is 6.61 Å². The van der Waals surface area contributed by atoms with E-state index < -0.39 is 17.6 Å². The summed E-state index contributed by atoms with van der Waals surface area (Å²) in [5.41, 5.74) is 1.54. The highest BCUT2D eigenvalue weighted by Crippen LogP contribution is 2.29. The van der Waals surface area contributed by atoms with E-state index in [1.54, 1.807) is 30.5 Å². The molecule has 12 heteroatoms. The zero-order valence-electron chi connectivity index (χ0n) is 21.4. The van der Waals surface area contributed by atoms with Gasteiger partial charge in [0.2, 0.25) is 5.88 Å². The van der Waals surface area contributed by atoms with Crippen LogP contribution in [0.25, 0.3) is 22.3 Å². The molecule has 0 radical (unpaired) electrons. The van der Waals surface area contributed by atoms with Gasteiger partial charge in [0.1, 0.15) is 30.1 Å². The predicted molar refractivity (Wildman–Crippen MR) is 145 cm³/mol. The summed E-state index contributed by atoms with van der Waals surface area (Å²) in [5, 5.41) is 18.7. The first-order chi connectivity index (χ1) is 19.9. The molecule has 5 aromatic rings. The Morgan fingerprint density at radius 1 is 1.20 bits per heavy atom. The Balaban J connectivity index is 1.27. The molecule has 9 nitrogen and oxygen atoms in total. The third-order valence-corrected chi connectivity index (χ3v) is 7.62. The Bertz CT molecular complexity index is 1830. The van der Waals surface area contributed by atoms with E-state index in [1.165, 1.54) is 23.5 Å². The van der Waals surface area contributed by atoms with Crippen LogP contribution in [0.5, 0.6) is 5.88 Å². The molecule has 4 heterocycles. The molecular weight excluding hydrogens is 552 g/mol. The van der Waals surface area contributed by atoms with Crippen molar-refractivity contribution in [1.82, 2.24) is 19.5 Å². The lowest BCUT2D eigenvalue weighted by Crippen LogP contribution is -2.31. The number of aromatic nitrogens is 4. The summed E-state index contributed by atoms with van der Waals surface area (Å²) in [6.45, 7) is 1.20. The lowest BCUT2D eigenvalue weighted by atomic mass is 10.0. The van der Waals surface area contributed by atoms with Crippen molar-refractivity contribution in [2.45, 2.75) is 32.1 Å². The topological polar surface area (TPSA) is 123 Å². The van der Waals surface area contributed by atoms with Crippen LogP contribution in [0.15, 0.2) is 54.7 Å². The van der Waals surface area contributed by atoms with Crippen LogP contribution >= 0.6 is 11.3 Å². The van der Waals surface area contributed by atoms with E-state index in [4.69, 9.17) is 14.7 Å². The molecule has 0 unspecified atom stereocenters. The Morgan fingerprint density at radius 3 is 2.78 bits per heavy atom. The minimum atomic E-state index is -1.07. The van der Waals surface area contributed by atoms with Gasteiger partial charge in [0.05, 0.1) is 39.8 Å². The lowest BCUT2D eigenvalue weighted by Gasteiger charge is -2.27. The van der Waals surface area contributed by atoms with Crippen molar-refractivity contribution in [3.05, 3.63) is 93.2 Å². The number of nitriles is 1. The highest BCUT2D eigenvalue weighted by atomic mass is 32.1. The quantitative estimate of drug-likeness (QED) is 0.250. The van der Waals surface area contributed by atoms with Crippen molar-refractivity contribution in [3.8, 4) is 23.2 Å². The van der Waals surface area contributed by atoms with Gasteiger partial charge in [-0.15, -0.1) is 11.3 Å². The molecule has 206 valence electrons. The van der Waals surface area contributed by atoms with Gasteiger partial charge in [-0.05, 0) is 48.4 Å². The molecule has 1 N–H and O–H groups in total. The highest BCUT2D eigenvalue weighted by molar-refractivity contribution is 7.12. The van der Waals surface area contributed by atoms with Gasteiger partial charge in [-0.3, -0.25) is 0 Å². The van der Waals surface area contributed by atoms with Gasteiger partial charge in [-0.2, -0.15) is 5.26 Å². The van der Waals surface area contributed by atoms with Crippen LogP contribution in [0, 0.1) is 23.0 Å². The SMILES string of the molecule is N#Cc1ncc(COc2cccc(-c3cc(F)c(Cc4nc5ccc(C(=O)O)cc5n4C[C@@H]4CCO4)cc3F)n2)s1. The normalized spacial score (nSPS) is 14.5. The maximum absolute atomic E-state index is 15.4. The Kier molecular flexibility index (Phi) is 7.13. The zero-order valence-corrected chi connectivity index (χ0v) is 22.2. The Labute approximate surface area is 236 Å². The van der Waals surface area contributed by atoms with Gasteiger partial charge in [0, 0.05) is 30.9 Å². The number of carboxylic acids is 1. The number of carboxylic acid groups (broad SMARTS) is 1. The van der Waals surface area contributed by atoms with Crippen LogP contribution < -0.4 is 4.74 Å². The molecule has 1 aliphatic heterocycles. The minimum absolute atomic E-state index is 0.0110. The number of hydrogen-bond acceptors (Lipinski definition) is 8. The third kappa shape index (κ3) is 5.50. The highest BCUT2D eigenvalue weighted by Gasteiger charge is 2.23. The van der Waals surface area contributed by atoms with Gasteiger partial charge in [0.15, 0.2) is 5.01 Å². The maximum atomic E-state index is 15.4. The molecule has 1 atom stereocenters. The number of ether oxygens (including phenoxy) is 2. The number of hydrogen-bond donors (Lipinski definition) is 1. The van der Waals surface area contributed by atoms with E-state index in [-0.39, 0.29) is 47.4 Å². The monoisotopic (exact) mass is 573 g/mol. The fourth-order valence-electron chi connectivity index (χ4n) is 4.58. The van der Waals surface area contributed by atoms with Gasteiger partial charge in [0.25, 0.3) is 0 Å². The summed E-state index contributed by atoms with van der Waals surface area (Å²) in [5.74, 6) is -1.67. The fourth-order valence-corrected chi connectivity index (χ4v) is 5.21. The maximum Gasteiger partial charge on any atom is 0.335 e. The molecule has 0 bridgehead atoms. The number of nitrogens with zero attached hydrogens (tertiary/aromatic N) is 5. The molecule has 1 aliphatic rings. The fraction of sp³-hybridized carbons (Fsp3) is 0.207. The number of pyridine rings is 1. The van der Waals surface area contributed by atoms with Crippen molar-refractivity contribution >= 4 is 28.3 Å². The number of fused-ring (bicyclic) bond motifs is 1. The molecule has 0 amide bonds. The van der Waals surface area contributed by atoms with Crippen LogP contribution in [0.1, 0.15) is 38.1 Å². The van der Waals surface area contributed by atoms with Crippen molar-refractivity contribution in [2.24, 2.45) is 0 Å². The summed E-state index contributed by atoms with van der Waals surface area (Å²) in [6.07, 6.45) is 2.31. The van der Waals surface area contributed by atoms with Gasteiger partial charge < -0.3 is 19.1 Å². The molecule has 0 aliphatic carbocycles. The average Bonchev–Trinajstić information content (AvgIpc) is 3.55. The molecule has 0 spiro atoms. The van der Waals surface area contributed by atoms with Crippen molar-refractivity contribution < 1.29 is 28.2 Å². The summed E-state index contributed by atoms with van der Waals surface area (Å²) >= 11 is 1.20. The van der Waals surface area contributed by atoms with Crippen LogP contribution in [-0.2, 0) is 24.3 Å². The number of benzene rings is 2. The van der Waals surface area contributed by atoms with Gasteiger partial charge in [-0.25, -0.2) is 28.5 Å². The summed E-state index contributed by atoms with van der Waals surface area (Å²) in [7, 11) is 0. The number of rotatable bonds is 9. The number of carbonyl (C=O) groups is 1. The van der Waals surface area contributed by atoms with Gasteiger partial charge >= 0.3 is 5.97 Å². The van der Waals surface area contributed by atoms with Crippen LogP contribution in [0.2, 0.25) is 0 Å². The number of thiazole rings is 1. The first kappa shape index (κ1) is 26.5. The predicted octanol–water partition coefficient (Wildman–Crippen LogP) is 5.36. The number of imidazole rings is 1. The zero-order chi connectivity index (χ0) is 28.5. The molecule has 1 saturated heterocycles. The standard InChI is InChI=1S/C29H21F2N5O4S/c30-21-11-20(23-2-1-3-27(35-23)40-15-19-13-33-28(12-32)41-19)22(31)8-17(21)10-26-34-24-5-4-16(29(37)38)9-25(24)36(26)14-18-6-7-39-18/h1-5,8-9,11,13,18H,6-7,10,14-15H2,(H,37,38)/t18-/m0/s1. The summed E-state index contributed by atoms with van der Waals surface area (Å²) in [6, 6.07) is 13.6. The van der Waals surface area contributed by atoms with E-state index in [0.717, 1.165) is 23.4 Å². The first-order valence-electron chi connectivity index (χ1n) is 12.6. The summed E-state index contributed by atoms with van der Waals surface area (Å²) in [4.78, 5) is 25.2. The smallest absolute Gasteiger partial charge is 0.335 e. The molecule has 3 aromatic heterocycles. The second kappa shape index (κ2) is 11.0. The second-order valence-corrected chi connectivity index (χ2v) is 10.5. The number of aromatic carboxylic acids is 1. The van der Waals surface area contributed by atoms with E-state index in [0.29, 0.717) is 35.0 Å². The summed E-state index contributed by atoms with van der Waals surface area (Å²) < 4.78 is 43.8. The van der Waals surface area contributed by atoms with Gasteiger partial charge in [-0.1, -0.05) is 6.07 Å². The van der Waals surface area contributed by atoms with E-state index in [2.05, 4.69) is 15.0 Å². The lowest BCUT2D eigenvalue weighted by molar-refractivity contribution is -0.0589. The minimum Gasteiger partial charge on any atom is -0.478 e. The Hall–Kier alpha value is -4.73.